The molecule has 2 rings (SSSR count). The van der Waals surface area contributed by atoms with E-state index >= 15 is 0 Å². The van der Waals surface area contributed by atoms with Gasteiger partial charge in [0.15, 0.2) is 0 Å². The first kappa shape index (κ1) is 11.1. The van der Waals surface area contributed by atoms with Crippen molar-refractivity contribution in [3.8, 4) is 17.3 Å². The summed E-state index contributed by atoms with van der Waals surface area (Å²) < 4.78 is 13.3. The molecule has 0 fully saturated rings. The molecule has 0 radical (unpaired) electrons. The molecule has 1 heterocycles. The molecule has 2 N–H and O–H groups in total. The molecular weight excluding hydrogens is 217 g/mol. The van der Waals surface area contributed by atoms with Gasteiger partial charge in [0.1, 0.15) is 5.82 Å². The summed E-state index contributed by atoms with van der Waals surface area (Å²) in [5.41, 5.74) is 8.39. The summed E-state index contributed by atoms with van der Waals surface area (Å²) in [6.45, 7) is 1.78. The van der Waals surface area contributed by atoms with Crippen LogP contribution in [0.1, 0.15) is 11.3 Å². The van der Waals surface area contributed by atoms with Crippen LogP contribution >= 0.6 is 0 Å². The third-order valence-electron chi connectivity index (χ3n) is 2.45. The summed E-state index contributed by atoms with van der Waals surface area (Å²) in [7, 11) is 0. The second-order valence-corrected chi connectivity index (χ2v) is 3.71. The Labute approximate surface area is 98.3 Å². The lowest BCUT2D eigenvalue weighted by Crippen LogP contribution is -1.95. The fourth-order valence-electron chi connectivity index (χ4n) is 1.53. The van der Waals surface area contributed by atoms with Crippen LogP contribution < -0.4 is 5.73 Å². The minimum absolute atomic E-state index is 0.274. The van der Waals surface area contributed by atoms with E-state index in [1.807, 2.05) is 6.07 Å². The summed E-state index contributed by atoms with van der Waals surface area (Å²) in [5, 5.41) is 8.78. The normalized spacial score (nSPS) is 9.94. The van der Waals surface area contributed by atoms with Gasteiger partial charge >= 0.3 is 0 Å². The maximum absolute atomic E-state index is 13.3. The van der Waals surface area contributed by atoms with Crippen molar-refractivity contribution in [1.82, 2.24) is 4.98 Å². The summed E-state index contributed by atoms with van der Waals surface area (Å²) in [4.78, 5) is 4.26. The molecule has 2 aromatic rings. The topological polar surface area (TPSA) is 62.7 Å². The van der Waals surface area contributed by atoms with Crippen LogP contribution in [0.15, 0.2) is 30.3 Å². The molecular formula is C13H10FN3. The molecule has 0 spiro atoms. The number of halogens is 1. The summed E-state index contributed by atoms with van der Waals surface area (Å²) in [5.74, 6) is -0.449. The fourth-order valence-corrected chi connectivity index (χ4v) is 1.53. The molecule has 1 aromatic heterocycles. The molecule has 0 bridgehead atoms. The van der Waals surface area contributed by atoms with Crippen molar-refractivity contribution in [3.05, 3.63) is 47.4 Å². The van der Waals surface area contributed by atoms with Gasteiger partial charge < -0.3 is 5.73 Å². The molecule has 0 aliphatic rings. The van der Waals surface area contributed by atoms with Gasteiger partial charge in [0.05, 0.1) is 28.7 Å². The van der Waals surface area contributed by atoms with Crippen LogP contribution in [0.5, 0.6) is 0 Å². The first-order valence-corrected chi connectivity index (χ1v) is 5.04. The van der Waals surface area contributed by atoms with Gasteiger partial charge in [-0.3, -0.25) is 4.98 Å². The van der Waals surface area contributed by atoms with Crippen molar-refractivity contribution in [2.45, 2.75) is 6.92 Å². The monoisotopic (exact) mass is 227 g/mol. The van der Waals surface area contributed by atoms with E-state index in [0.717, 1.165) is 0 Å². The Morgan fingerprint density at radius 3 is 2.71 bits per heavy atom. The molecule has 1 aromatic carbocycles. The van der Waals surface area contributed by atoms with E-state index in [4.69, 9.17) is 11.0 Å². The standard InChI is InChI=1S/C13H10FN3/c1-8-12(16)2-3-13(17-8)10-4-9(7-15)5-11(14)6-10/h2-6H,16H2,1H3. The van der Waals surface area contributed by atoms with E-state index in [1.165, 1.54) is 12.1 Å². The molecule has 0 aliphatic carbocycles. The van der Waals surface area contributed by atoms with Gasteiger partial charge in [-0.2, -0.15) is 5.26 Å². The Balaban J connectivity index is 2.56. The molecule has 0 amide bonds. The molecule has 0 saturated carbocycles. The molecule has 84 valence electrons. The zero-order valence-electron chi connectivity index (χ0n) is 9.24. The number of nitriles is 1. The zero-order chi connectivity index (χ0) is 12.4. The van der Waals surface area contributed by atoms with Crippen molar-refractivity contribution in [1.29, 1.82) is 5.26 Å². The lowest BCUT2D eigenvalue weighted by Gasteiger charge is -2.05. The highest BCUT2D eigenvalue weighted by molar-refractivity contribution is 5.63. The lowest BCUT2D eigenvalue weighted by atomic mass is 10.1. The second-order valence-electron chi connectivity index (χ2n) is 3.71. The third kappa shape index (κ3) is 2.23. The smallest absolute Gasteiger partial charge is 0.125 e. The second kappa shape index (κ2) is 4.22. The molecule has 0 aliphatic heterocycles. The van der Waals surface area contributed by atoms with Crippen LogP contribution in [0, 0.1) is 24.1 Å². The Hall–Kier alpha value is -2.41. The van der Waals surface area contributed by atoms with Gasteiger partial charge in [0.2, 0.25) is 0 Å². The van der Waals surface area contributed by atoms with E-state index in [9.17, 15) is 4.39 Å². The van der Waals surface area contributed by atoms with E-state index in [-0.39, 0.29) is 5.56 Å². The average molecular weight is 227 g/mol. The number of hydrogen-bond donors (Lipinski definition) is 1. The number of nitrogens with zero attached hydrogens (tertiary/aromatic N) is 2. The minimum Gasteiger partial charge on any atom is -0.397 e. The molecule has 0 unspecified atom stereocenters. The van der Waals surface area contributed by atoms with Gasteiger partial charge in [-0.25, -0.2) is 4.39 Å². The van der Waals surface area contributed by atoms with E-state index < -0.39 is 5.82 Å². The number of aryl methyl sites for hydroxylation is 1. The van der Waals surface area contributed by atoms with Gasteiger partial charge in [-0.05, 0) is 37.3 Å². The highest BCUT2D eigenvalue weighted by Crippen LogP contribution is 2.22. The number of benzene rings is 1. The summed E-state index contributed by atoms with van der Waals surface area (Å²) in [6.07, 6.45) is 0. The van der Waals surface area contributed by atoms with Crippen LogP contribution in [-0.2, 0) is 0 Å². The van der Waals surface area contributed by atoms with Crippen LogP contribution in [0.2, 0.25) is 0 Å². The van der Waals surface area contributed by atoms with Crippen molar-refractivity contribution in [3.63, 3.8) is 0 Å². The SMILES string of the molecule is Cc1nc(-c2cc(F)cc(C#N)c2)ccc1N. The van der Waals surface area contributed by atoms with E-state index in [1.54, 1.807) is 25.1 Å². The van der Waals surface area contributed by atoms with E-state index in [2.05, 4.69) is 4.98 Å². The molecule has 4 heteroatoms. The van der Waals surface area contributed by atoms with Gasteiger partial charge in [0, 0.05) is 5.56 Å². The van der Waals surface area contributed by atoms with Crippen LogP contribution in [0.25, 0.3) is 11.3 Å². The quantitative estimate of drug-likeness (QED) is 0.814. The van der Waals surface area contributed by atoms with Gasteiger partial charge in [-0.1, -0.05) is 0 Å². The largest absolute Gasteiger partial charge is 0.397 e. The highest BCUT2D eigenvalue weighted by Gasteiger charge is 2.05. The number of aromatic nitrogens is 1. The summed E-state index contributed by atoms with van der Waals surface area (Å²) >= 11 is 0. The molecule has 17 heavy (non-hydrogen) atoms. The van der Waals surface area contributed by atoms with Crippen LogP contribution in [-0.4, -0.2) is 4.98 Å². The molecule has 0 atom stereocenters. The number of rotatable bonds is 1. The first-order chi connectivity index (χ1) is 8.10. The predicted molar refractivity (Wildman–Crippen MR) is 63.5 cm³/mol. The average Bonchev–Trinajstić information content (AvgIpc) is 2.32. The number of anilines is 1. The highest BCUT2D eigenvalue weighted by atomic mass is 19.1. The Bertz CT molecular complexity index is 615. The van der Waals surface area contributed by atoms with Crippen molar-refractivity contribution in [2.75, 3.05) is 5.73 Å². The van der Waals surface area contributed by atoms with E-state index in [0.29, 0.717) is 22.6 Å². The minimum atomic E-state index is -0.449. The fraction of sp³-hybridized carbons (Fsp3) is 0.0769. The van der Waals surface area contributed by atoms with Crippen molar-refractivity contribution >= 4 is 5.69 Å². The number of nitrogen functional groups attached to an aromatic ring is 1. The number of hydrogen-bond acceptors (Lipinski definition) is 3. The zero-order valence-corrected chi connectivity index (χ0v) is 9.24. The lowest BCUT2D eigenvalue weighted by molar-refractivity contribution is 0.628. The Morgan fingerprint density at radius 2 is 2.06 bits per heavy atom. The first-order valence-electron chi connectivity index (χ1n) is 5.04. The van der Waals surface area contributed by atoms with Crippen molar-refractivity contribution < 1.29 is 4.39 Å². The van der Waals surface area contributed by atoms with Crippen LogP contribution in [0.4, 0.5) is 10.1 Å². The Kier molecular flexibility index (Phi) is 2.75. The molecule has 3 nitrogen and oxygen atoms in total. The number of nitrogens with two attached hydrogens (primary N) is 1. The Morgan fingerprint density at radius 1 is 1.29 bits per heavy atom. The van der Waals surface area contributed by atoms with Gasteiger partial charge in [-0.15, -0.1) is 0 Å². The predicted octanol–water partition coefficient (Wildman–Crippen LogP) is 2.65. The van der Waals surface area contributed by atoms with Crippen LogP contribution in [0.3, 0.4) is 0 Å². The summed E-state index contributed by atoms with van der Waals surface area (Å²) in [6, 6.07) is 9.47. The molecule has 0 saturated heterocycles. The third-order valence-corrected chi connectivity index (χ3v) is 2.45. The van der Waals surface area contributed by atoms with Gasteiger partial charge in [0.25, 0.3) is 0 Å². The van der Waals surface area contributed by atoms with Crippen molar-refractivity contribution in [2.24, 2.45) is 0 Å². The number of pyridine rings is 1. The maximum atomic E-state index is 13.3. The maximum Gasteiger partial charge on any atom is 0.125 e.